The van der Waals surface area contributed by atoms with Crippen LogP contribution in [0.25, 0.3) is 0 Å². The molecule has 34 heavy (non-hydrogen) atoms. The molecule has 10 heteroatoms. The highest BCUT2D eigenvalue weighted by molar-refractivity contribution is 7.92. The minimum atomic E-state index is -4.13. The van der Waals surface area contributed by atoms with Crippen LogP contribution in [-0.4, -0.2) is 52.2 Å². The summed E-state index contributed by atoms with van der Waals surface area (Å²) >= 11 is 0. The number of carbonyl (C=O) groups is 1. The van der Waals surface area contributed by atoms with Gasteiger partial charge in [-0.15, -0.1) is 6.58 Å². The second-order valence-electron chi connectivity index (χ2n) is 8.95. The molecule has 1 amide bonds. The molecule has 2 aromatic rings. The molecule has 2 aliphatic heterocycles. The van der Waals surface area contributed by atoms with E-state index in [9.17, 15) is 30.4 Å². The molecular formula is C24H25F2NO5S2. The first-order valence-electron chi connectivity index (χ1n) is 10.8. The van der Waals surface area contributed by atoms with Gasteiger partial charge in [-0.25, -0.2) is 25.6 Å². The molecule has 2 fully saturated rings. The smallest absolute Gasteiger partial charge is 0.232 e. The van der Waals surface area contributed by atoms with Crippen LogP contribution in [0.5, 0.6) is 0 Å². The lowest BCUT2D eigenvalue weighted by atomic mass is 9.80. The van der Waals surface area contributed by atoms with E-state index in [1.165, 1.54) is 47.4 Å². The van der Waals surface area contributed by atoms with E-state index in [1.54, 1.807) is 0 Å². The Morgan fingerprint density at radius 3 is 2.00 bits per heavy atom. The van der Waals surface area contributed by atoms with Crippen LogP contribution in [0.15, 0.2) is 66.1 Å². The first-order valence-corrected chi connectivity index (χ1v) is 14.1. The number of sulfone groups is 2. The predicted molar refractivity (Wildman–Crippen MR) is 123 cm³/mol. The number of rotatable bonds is 5. The highest BCUT2D eigenvalue weighted by atomic mass is 32.2. The number of amides is 1. The summed E-state index contributed by atoms with van der Waals surface area (Å²) in [7, 11) is -7.36. The van der Waals surface area contributed by atoms with E-state index in [4.69, 9.17) is 0 Å². The van der Waals surface area contributed by atoms with Crippen molar-refractivity contribution in [3.8, 4) is 0 Å². The van der Waals surface area contributed by atoms with Crippen LogP contribution in [0.4, 0.5) is 8.78 Å². The van der Waals surface area contributed by atoms with Crippen molar-refractivity contribution in [3.05, 3.63) is 78.4 Å². The zero-order valence-corrected chi connectivity index (χ0v) is 20.0. The van der Waals surface area contributed by atoms with E-state index in [1.807, 2.05) is 0 Å². The van der Waals surface area contributed by atoms with E-state index in [0.29, 0.717) is 5.56 Å². The Kier molecular flexibility index (Phi) is 6.18. The lowest BCUT2D eigenvalue weighted by Gasteiger charge is -2.37. The molecular weight excluding hydrogens is 484 g/mol. The van der Waals surface area contributed by atoms with Gasteiger partial charge in [0.2, 0.25) is 5.91 Å². The summed E-state index contributed by atoms with van der Waals surface area (Å²) in [5.41, 5.74) is -0.767. The first kappa shape index (κ1) is 24.5. The van der Waals surface area contributed by atoms with Gasteiger partial charge < -0.3 is 4.90 Å². The number of halogens is 2. The monoisotopic (exact) mass is 509 g/mol. The molecule has 0 N–H and O–H groups in total. The van der Waals surface area contributed by atoms with Gasteiger partial charge in [0.15, 0.2) is 9.84 Å². The summed E-state index contributed by atoms with van der Waals surface area (Å²) in [6.07, 6.45) is 1.69. The first-order chi connectivity index (χ1) is 15.9. The van der Waals surface area contributed by atoms with Crippen molar-refractivity contribution < 1.29 is 30.4 Å². The quantitative estimate of drug-likeness (QED) is 0.456. The van der Waals surface area contributed by atoms with E-state index in [2.05, 4.69) is 6.58 Å². The van der Waals surface area contributed by atoms with Crippen LogP contribution >= 0.6 is 0 Å². The van der Waals surface area contributed by atoms with Gasteiger partial charge in [-0.1, -0.05) is 18.2 Å². The molecule has 0 spiro atoms. The van der Waals surface area contributed by atoms with Crippen molar-refractivity contribution in [2.75, 3.05) is 24.6 Å². The van der Waals surface area contributed by atoms with Crippen LogP contribution in [0.2, 0.25) is 0 Å². The summed E-state index contributed by atoms with van der Waals surface area (Å²) in [6.45, 7) is 3.68. The van der Waals surface area contributed by atoms with Gasteiger partial charge >= 0.3 is 0 Å². The van der Waals surface area contributed by atoms with Crippen LogP contribution in [0, 0.1) is 17.0 Å². The molecule has 0 unspecified atom stereocenters. The van der Waals surface area contributed by atoms with Gasteiger partial charge in [-0.2, -0.15) is 0 Å². The van der Waals surface area contributed by atoms with Crippen LogP contribution in [0.1, 0.15) is 24.8 Å². The zero-order chi connectivity index (χ0) is 24.8. The number of carbonyl (C=O) groups excluding carboxylic acids is 1. The number of hydrogen-bond donors (Lipinski definition) is 0. The summed E-state index contributed by atoms with van der Waals surface area (Å²) in [5.74, 6) is -1.77. The molecule has 2 aliphatic rings. The topological polar surface area (TPSA) is 88.6 Å². The predicted octanol–water partition coefficient (Wildman–Crippen LogP) is 3.25. The minimum absolute atomic E-state index is 0.0512. The van der Waals surface area contributed by atoms with E-state index < -0.39 is 41.5 Å². The normalized spacial score (nSPS) is 24.0. The Labute approximate surface area is 198 Å². The maximum Gasteiger partial charge on any atom is 0.232 e. The van der Waals surface area contributed by atoms with Gasteiger partial charge in [-0.3, -0.25) is 4.79 Å². The van der Waals surface area contributed by atoms with Crippen molar-refractivity contribution in [3.63, 3.8) is 0 Å². The van der Waals surface area contributed by atoms with E-state index in [0.717, 1.165) is 12.1 Å². The van der Waals surface area contributed by atoms with Gasteiger partial charge in [-0.05, 0) is 61.2 Å². The van der Waals surface area contributed by atoms with Gasteiger partial charge in [0.1, 0.15) is 26.2 Å². The highest BCUT2D eigenvalue weighted by Crippen LogP contribution is 2.45. The molecule has 0 saturated carbocycles. The lowest BCUT2D eigenvalue weighted by Crippen LogP contribution is -2.48. The standard InChI is InChI=1S/C24H25F2NO5S2/c1-2-23(12-15-33(29,30)16-13-23)22(28)27-14-11-24(17-27,18-3-5-19(25)6-4-18)34(31,32)21-9-7-20(26)8-10-21/h2-10H,1,11-17H2/t24-/m0/s1. The molecule has 2 aromatic carbocycles. The average Bonchev–Trinajstić information content (AvgIpc) is 3.27. The fourth-order valence-electron chi connectivity index (χ4n) is 4.88. The number of hydrogen-bond acceptors (Lipinski definition) is 5. The Morgan fingerprint density at radius 2 is 1.47 bits per heavy atom. The zero-order valence-electron chi connectivity index (χ0n) is 18.4. The third-order valence-corrected chi connectivity index (χ3v) is 11.2. The third-order valence-electron chi connectivity index (χ3n) is 7.06. The summed E-state index contributed by atoms with van der Waals surface area (Å²) in [5, 5.41) is 0. The Hall–Kier alpha value is -2.59. The Balaban J connectivity index is 1.75. The largest absolute Gasteiger partial charge is 0.340 e. The van der Waals surface area contributed by atoms with Gasteiger partial charge in [0, 0.05) is 13.1 Å². The molecule has 4 rings (SSSR count). The van der Waals surface area contributed by atoms with Crippen molar-refractivity contribution in [1.29, 1.82) is 0 Å². The molecule has 0 aromatic heterocycles. The van der Waals surface area contributed by atoms with Crippen molar-refractivity contribution in [2.24, 2.45) is 5.41 Å². The highest BCUT2D eigenvalue weighted by Gasteiger charge is 2.54. The molecule has 1 atom stereocenters. The number of benzene rings is 2. The van der Waals surface area contributed by atoms with Crippen LogP contribution in [-0.2, 0) is 29.2 Å². The SMILES string of the molecule is C=CC1(C(=O)N2CC[C@](c3ccc(F)cc3)(S(=O)(=O)c3ccc(F)cc3)C2)CCS(=O)(=O)CC1. The summed E-state index contributed by atoms with van der Waals surface area (Å²) < 4.78 is 77.2. The molecule has 2 saturated heterocycles. The van der Waals surface area contributed by atoms with Crippen molar-refractivity contribution in [2.45, 2.75) is 28.9 Å². The maximum atomic E-state index is 13.9. The number of nitrogens with zero attached hydrogens (tertiary/aromatic N) is 1. The molecule has 0 radical (unpaired) electrons. The van der Waals surface area contributed by atoms with Crippen molar-refractivity contribution >= 4 is 25.6 Å². The average molecular weight is 510 g/mol. The molecule has 6 nitrogen and oxygen atoms in total. The molecule has 0 bridgehead atoms. The summed E-state index contributed by atoms with van der Waals surface area (Å²) in [6, 6.07) is 9.57. The van der Waals surface area contributed by atoms with Crippen molar-refractivity contribution in [1.82, 2.24) is 4.90 Å². The number of likely N-dealkylation sites (tertiary alicyclic amines) is 1. The van der Waals surface area contributed by atoms with Gasteiger partial charge in [0.25, 0.3) is 0 Å². The van der Waals surface area contributed by atoms with Crippen LogP contribution in [0.3, 0.4) is 0 Å². The maximum absolute atomic E-state index is 13.9. The molecule has 182 valence electrons. The molecule has 2 heterocycles. The Morgan fingerprint density at radius 1 is 0.941 bits per heavy atom. The second-order valence-corrected chi connectivity index (χ2v) is 13.5. The van der Waals surface area contributed by atoms with Crippen LogP contribution < -0.4 is 0 Å². The van der Waals surface area contributed by atoms with E-state index in [-0.39, 0.29) is 54.7 Å². The fourth-order valence-corrected chi connectivity index (χ4v) is 8.51. The minimum Gasteiger partial charge on any atom is -0.340 e. The van der Waals surface area contributed by atoms with E-state index >= 15 is 0 Å². The fraction of sp³-hybridized carbons (Fsp3) is 0.375. The third kappa shape index (κ3) is 4.07. The van der Waals surface area contributed by atoms with Gasteiger partial charge in [0.05, 0.1) is 21.8 Å². The lowest BCUT2D eigenvalue weighted by molar-refractivity contribution is -0.138. The second kappa shape index (κ2) is 8.57. The Bertz CT molecular complexity index is 1310. The molecule has 0 aliphatic carbocycles. The summed E-state index contributed by atoms with van der Waals surface area (Å²) in [4.78, 5) is 14.9.